The summed E-state index contributed by atoms with van der Waals surface area (Å²) in [6.07, 6.45) is -0.393. The molecule has 206 valence electrons. The van der Waals surface area contributed by atoms with E-state index in [1.807, 2.05) is 14.1 Å². The summed E-state index contributed by atoms with van der Waals surface area (Å²) < 4.78 is 48.0. The summed E-state index contributed by atoms with van der Waals surface area (Å²) in [4.78, 5) is 18.3. The molecule has 0 aliphatic carbocycles. The fraction of sp³-hybridized carbons (Fsp3) is 0.269. The van der Waals surface area contributed by atoms with E-state index in [1.165, 1.54) is 18.2 Å². The second kappa shape index (κ2) is 11.4. The molecule has 0 amide bonds. The monoisotopic (exact) mass is 543 g/mol. The van der Waals surface area contributed by atoms with Gasteiger partial charge in [-0.05, 0) is 36.8 Å². The molecule has 1 aromatic heterocycles. The predicted molar refractivity (Wildman–Crippen MR) is 137 cm³/mol. The maximum atomic E-state index is 15.6. The lowest BCUT2D eigenvalue weighted by atomic mass is 10.2. The fourth-order valence-corrected chi connectivity index (χ4v) is 3.92. The molecule has 39 heavy (non-hydrogen) atoms. The van der Waals surface area contributed by atoms with Gasteiger partial charge in [-0.15, -0.1) is 0 Å². The summed E-state index contributed by atoms with van der Waals surface area (Å²) in [5.74, 6) is -6.63. The third-order valence-electron chi connectivity index (χ3n) is 5.88. The minimum Gasteiger partial charge on any atom is -0.504 e. The average molecular weight is 544 g/mol. The van der Waals surface area contributed by atoms with E-state index in [2.05, 4.69) is 4.98 Å². The van der Waals surface area contributed by atoms with Gasteiger partial charge in [0, 0.05) is 44.5 Å². The van der Waals surface area contributed by atoms with Gasteiger partial charge in [-0.3, -0.25) is 15.1 Å². The Morgan fingerprint density at radius 1 is 1.18 bits per heavy atom. The number of nitrogens with two attached hydrogens (primary N) is 1. The average Bonchev–Trinajstić information content (AvgIpc) is 3.32. The first-order valence-corrected chi connectivity index (χ1v) is 11.8. The standard InChI is InChI=1S/C26H27F2N5O6/c1-32(2)15-4-3-5-16(11-15)38-25-21(27)23(37-17-8-9-33(12-17)13-20(35)36)22(28)26(31-25)39-19-10-14(24(29)30)6-7-18(19)34/h3-7,10-11,17,34H,8-9,12-13H2,1-2H3,(H3,29,30)(H,35,36). The number of aromatic nitrogens is 1. The molecule has 0 saturated carbocycles. The van der Waals surface area contributed by atoms with Crippen molar-refractivity contribution in [2.45, 2.75) is 12.5 Å². The second-order valence-corrected chi connectivity index (χ2v) is 9.03. The van der Waals surface area contributed by atoms with Crippen molar-refractivity contribution in [1.82, 2.24) is 9.88 Å². The zero-order valence-electron chi connectivity index (χ0n) is 21.1. The molecule has 2 aromatic carbocycles. The molecule has 0 radical (unpaired) electrons. The van der Waals surface area contributed by atoms with Crippen molar-refractivity contribution in [1.29, 1.82) is 5.41 Å². The van der Waals surface area contributed by atoms with Crippen molar-refractivity contribution in [2.75, 3.05) is 38.6 Å². The van der Waals surface area contributed by atoms with Crippen molar-refractivity contribution >= 4 is 17.5 Å². The van der Waals surface area contributed by atoms with Gasteiger partial charge in [-0.2, -0.15) is 13.8 Å². The lowest BCUT2D eigenvalue weighted by Crippen LogP contribution is -2.30. The molecule has 0 bridgehead atoms. The highest BCUT2D eigenvalue weighted by atomic mass is 19.1. The first kappa shape index (κ1) is 27.4. The first-order chi connectivity index (χ1) is 18.5. The Kier molecular flexibility index (Phi) is 8.00. The number of benzene rings is 2. The number of rotatable bonds is 10. The van der Waals surface area contributed by atoms with Gasteiger partial charge in [-0.25, -0.2) is 0 Å². The number of phenolic OH excluding ortho intramolecular Hbond substituents is 1. The van der Waals surface area contributed by atoms with E-state index in [9.17, 15) is 9.90 Å². The Morgan fingerprint density at radius 3 is 2.56 bits per heavy atom. The number of carboxylic acid groups (broad SMARTS) is 1. The van der Waals surface area contributed by atoms with Crippen LogP contribution in [-0.2, 0) is 4.79 Å². The van der Waals surface area contributed by atoms with Gasteiger partial charge in [0.05, 0.1) is 6.54 Å². The van der Waals surface area contributed by atoms with E-state index in [0.717, 1.165) is 5.69 Å². The van der Waals surface area contributed by atoms with Crippen molar-refractivity contribution in [3.63, 3.8) is 0 Å². The van der Waals surface area contributed by atoms with Gasteiger partial charge in [-0.1, -0.05) is 6.07 Å². The minimum atomic E-state index is -1.30. The van der Waals surface area contributed by atoms with Gasteiger partial charge in [0.2, 0.25) is 17.4 Å². The number of phenols is 1. The van der Waals surface area contributed by atoms with Crippen LogP contribution < -0.4 is 24.8 Å². The number of aliphatic carboxylic acids is 1. The Morgan fingerprint density at radius 2 is 1.90 bits per heavy atom. The Bertz CT molecular complexity index is 1400. The molecule has 3 aromatic rings. The van der Waals surface area contributed by atoms with Crippen molar-refractivity contribution in [3.8, 4) is 34.8 Å². The number of anilines is 1. The SMILES string of the molecule is CN(C)c1cccc(Oc2nc(Oc3cc(C(=N)N)ccc3O)c(F)c(OC3CCN(CC(=O)O)C3)c2F)c1. The topological polar surface area (TPSA) is 154 Å². The highest BCUT2D eigenvalue weighted by Crippen LogP contribution is 2.40. The third-order valence-corrected chi connectivity index (χ3v) is 5.88. The van der Waals surface area contributed by atoms with Gasteiger partial charge >= 0.3 is 5.97 Å². The summed E-state index contributed by atoms with van der Waals surface area (Å²) in [5.41, 5.74) is 6.43. The Balaban J connectivity index is 1.72. The van der Waals surface area contributed by atoms with Crippen LogP contribution in [0.3, 0.4) is 0 Å². The lowest BCUT2D eigenvalue weighted by Gasteiger charge is -2.19. The highest BCUT2D eigenvalue weighted by molar-refractivity contribution is 5.95. The maximum absolute atomic E-state index is 15.6. The lowest BCUT2D eigenvalue weighted by molar-refractivity contribution is -0.138. The van der Waals surface area contributed by atoms with Crippen LogP contribution in [-0.4, -0.2) is 71.7 Å². The van der Waals surface area contributed by atoms with Gasteiger partial charge in [0.15, 0.2) is 11.5 Å². The van der Waals surface area contributed by atoms with Crippen LogP contribution in [0, 0.1) is 17.0 Å². The normalized spacial score (nSPS) is 15.1. The molecule has 1 saturated heterocycles. The smallest absolute Gasteiger partial charge is 0.317 e. The van der Waals surface area contributed by atoms with E-state index in [-0.39, 0.29) is 36.0 Å². The van der Waals surface area contributed by atoms with Crippen molar-refractivity contribution in [2.24, 2.45) is 5.73 Å². The number of hydrogen-bond donors (Lipinski definition) is 4. The molecule has 1 unspecified atom stereocenters. The van der Waals surface area contributed by atoms with Crippen molar-refractivity contribution < 1.29 is 38.0 Å². The van der Waals surface area contributed by atoms with E-state index in [4.69, 9.17) is 30.5 Å². The second-order valence-electron chi connectivity index (χ2n) is 9.03. The van der Waals surface area contributed by atoms with Crippen LogP contribution >= 0.6 is 0 Å². The number of likely N-dealkylation sites (tertiary alicyclic amines) is 1. The number of nitrogens with zero attached hydrogens (tertiary/aromatic N) is 3. The summed E-state index contributed by atoms with van der Waals surface area (Å²) in [6.45, 7) is 0.255. The fourth-order valence-electron chi connectivity index (χ4n) is 3.92. The number of hydrogen-bond acceptors (Lipinski definition) is 9. The largest absolute Gasteiger partial charge is 0.504 e. The van der Waals surface area contributed by atoms with Crippen molar-refractivity contribution in [3.05, 3.63) is 59.7 Å². The predicted octanol–water partition coefficient (Wildman–Crippen LogP) is 3.54. The molecule has 1 fully saturated rings. The minimum absolute atomic E-state index is 0.131. The van der Waals surface area contributed by atoms with Crippen LogP contribution in [0.1, 0.15) is 12.0 Å². The Labute approximate surface area is 222 Å². The van der Waals surface area contributed by atoms with E-state index >= 15 is 8.78 Å². The summed E-state index contributed by atoms with van der Waals surface area (Å²) in [5, 5.41) is 26.9. The molecular weight excluding hydrogens is 516 g/mol. The molecule has 1 aliphatic heterocycles. The number of nitrogen functional groups attached to an aromatic ring is 1. The maximum Gasteiger partial charge on any atom is 0.317 e. The number of carboxylic acids is 1. The molecule has 13 heteroatoms. The molecule has 2 heterocycles. The van der Waals surface area contributed by atoms with Crippen LogP contribution in [0.5, 0.6) is 34.8 Å². The highest BCUT2D eigenvalue weighted by Gasteiger charge is 2.31. The Hall–Kier alpha value is -4.65. The molecule has 0 spiro atoms. The summed E-state index contributed by atoms with van der Waals surface area (Å²) >= 11 is 0. The number of carbonyl (C=O) groups is 1. The number of ether oxygens (including phenoxy) is 3. The molecular formula is C26H27F2N5O6. The van der Waals surface area contributed by atoms with Gasteiger partial charge < -0.3 is 35.1 Å². The van der Waals surface area contributed by atoms with Crippen LogP contribution in [0.25, 0.3) is 0 Å². The quantitative estimate of drug-likeness (QED) is 0.220. The number of halogens is 2. The van der Waals surface area contributed by atoms with Gasteiger partial charge in [0.25, 0.3) is 11.8 Å². The number of nitrogens with one attached hydrogen (secondary N) is 1. The molecule has 11 nitrogen and oxygen atoms in total. The van der Waals surface area contributed by atoms with Crippen LogP contribution in [0.2, 0.25) is 0 Å². The van der Waals surface area contributed by atoms with E-state index in [0.29, 0.717) is 13.0 Å². The molecule has 1 aliphatic rings. The summed E-state index contributed by atoms with van der Waals surface area (Å²) in [7, 11) is 3.62. The first-order valence-electron chi connectivity index (χ1n) is 11.8. The molecule has 5 N–H and O–H groups in total. The number of amidine groups is 1. The zero-order chi connectivity index (χ0) is 28.3. The zero-order valence-corrected chi connectivity index (χ0v) is 21.1. The summed E-state index contributed by atoms with van der Waals surface area (Å²) in [6, 6.07) is 10.4. The van der Waals surface area contributed by atoms with Crippen LogP contribution in [0.15, 0.2) is 42.5 Å². The van der Waals surface area contributed by atoms with E-state index < -0.39 is 47.0 Å². The number of pyridine rings is 1. The molecule has 1 atom stereocenters. The molecule has 4 rings (SSSR count). The number of aromatic hydroxyl groups is 1. The third kappa shape index (κ3) is 6.44. The van der Waals surface area contributed by atoms with Crippen LogP contribution in [0.4, 0.5) is 14.5 Å². The van der Waals surface area contributed by atoms with Gasteiger partial charge in [0.1, 0.15) is 17.7 Å². The van der Waals surface area contributed by atoms with E-state index in [1.54, 1.807) is 34.1 Å².